The van der Waals surface area contributed by atoms with E-state index < -0.39 is 0 Å². The first-order valence-corrected chi connectivity index (χ1v) is 10.1. The third-order valence-electron chi connectivity index (χ3n) is 6.37. The molecule has 0 spiro atoms. The second-order valence-electron chi connectivity index (χ2n) is 7.75. The van der Waals surface area contributed by atoms with Crippen LogP contribution in [0.2, 0.25) is 0 Å². The zero-order chi connectivity index (χ0) is 18.7. The molecule has 0 bridgehead atoms. The van der Waals surface area contributed by atoms with E-state index in [0.717, 1.165) is 37.6 Å². The summed E-state index contributed by atoms with van der Waals surface area (Å²) >= 11 is 0. The van der Waals surface area contributed by atoms with Crippen molar-refractivity contribution in [3.05, 3.63) is 59.9 Å². The Hall–Kier alpha value is -2.07. The predicted octanol–water partition coefficient (Wildman–Crippen LogP) is 4.82. The molecule has 0 unspecified atom stereocenters. The molecule has 2 aliphatic rings. The third kappa shape index (κ3) is 3.55. The molecule has 0 aromatic heterocycles. The SMILES string of the molecule is COc1cccc(C2(N3CCN(c4ccccc4F)CC3)CCCCC2)c1. The van der Waals surface area contributed by atoms with E-state index in [1.165, 1.54) is 37.7 Å². The maximum absolute atomic E-state index is 14.2. The first-order chi connectivity index (χ1) is 13.2. The summed E-state index contributed by atoms with van der Waals surface area (Å²) in [5, 5.41) is 0. The van der Waals surface area contributed by atoms with Crippen LogP contribution < -0.4 is 9.64 Å². The molecule has 2 aromatic rings. The number of piperazine rings is 1. The van der Waals surface area contributed by atoms with Crippen LogP contribution in [0.4, 0.5) is 10.1 Å². The van der Waals surface area contributed by atoms with Gasteiger partial charge in [-0.15, -0.1) is 0 Å². The number of halogens is 1. The van der Waals surface area contributed by atoms with Gasteiger partial charge in [-0.3, -0.25) is 4.90 Å². The van der Waals surface area contributed by atoms with E-state index in [9.17, 15) is 4.39 Å². The van der Waals surface area contributed by atoms with Crippen molar-refractivity contribution in [3.8, 4) is 5.75 Å². The predicted molar refractivity (Wildman–Crippen MR) is 108 cm³/mol. The normalized spacial score (nSPS) is 20.4. The van der Waals surface area contributed by atoms with Crippen molar-refractivity contribution in [3.63, 3.8) is 0 Å². The van der Waals surface area contributed by atoms with E-state index in [-0.39, 0.29) is 11.4 Å². The molecule has 0 N–H and O–H groups in total. The molecular weight excluding hydrogens is 339 g/mol. The van der Waals surface area contributed by atoms with Gasteiger partial charge in [0.2, 0.25) is 0 Å². The van der Waals surface area contributed by atoms with E-state index in [1.807, 2.05) is 18.2 Å². The second-order valence-corrected chi connectivity index (χ2v) is 7.75. The van der Waals surface area contributed by atoms with Gasteiger partial charge in [0, 0.05) is 31.7 Å². The van der Waals surface area contributed by atoms with Crippen molar-refractivity contribution in [2.75, 3.05) is 38.2 Å². The van der Waals surface area contributed by atoms with Crippen LogP contribution in [-0.2, 0) is 5.54 Å². The summed E-state index contributed by atoms with van der Waals surface area (Å²) in [6, 6.07) is 15.7. The van der Waals surface area contributed by atoms with Crippen LogP contribution in [0.1, 0.15) is 37.7 Å². The smallest absolute Gasteiger partial charge is 0.146 e. The fourth-order valence-corrected chi connectivity index (χ4v) is 4.92. The number of nitrogens with zero attached hydrogens (tertiary/aromatic N) is 2. The van der Waals surface area contributed by atoms with Gasteiger partial charge >= 0.3 is 0 Å². The highest BCUT2D eigenvalue weighted by Crippen LogP contribution is 2.43. The van der Waals surface area contributed by atoms with E-state index in [0.29, 0.717) is 0 Å². The fraction of sp³-hybridized carbons (Fsp3) is 0.478. The Bertz CT molecular complexity index is 764. The lowest BCUT2D eigenvalue weighted by molar-refractivity contribution is 0.0414. The lowest BCUT2D eigenvalue weighted by Crippen LogP contribution is -2.56. The largest absolute Gasteiger partial charge is 0.497 e. The Morgan fingerprint density at radius 3 is 2.33 bits per heavy atom. The molecule has 1 saturated carbocycles. The number of rotatable bonds is 4. The highest BCUT2D eigenvalue weighted by atomic mass is 19.1. The third-order valence-corrected chi connectivity index (χ3v) is 6.37. The Balaban J connectivity index is 1.57. The number of anilines is 1. The number of hydrogen-bond acceptors (Lipinski definition) is 3. The quantitative estimate of drug-likeness (QED) is 0.770. The molecule has 0 radical (unpaired) electrons. The van der Waals surface area contributed by atoms with Crippen LogP contribution in [0.3, 0.4) is 0 Å². The van der Waals surface area contributed by atoms with Gasteiger partial charge in [-0.2, -0.15) is 0 Å². The Morgan fingerprint density at radius 1 is 0.889 bits per heavy atom. The van der Waals surface area contributed by atoms with Crippen LogP contribution in [0.15, 0.2) is 48.5 Å². The van der Waals surface area contributed by atoms with Crippen molar-refractivity contribution < 1.29 is 9.13 Å². The van der Waals surface area contributed by atoms with E-state index >= 15 is 0 Å². The molecular formula is C23H29FN2O. The van der Waals surface area contributed by atoms with Crippen molar-refractivity contribution in [1.82, 2.24) is 4.90 Å². The minimum absolute atomic E-state index is 0.0914. The lowest BCUT2D eigenvalue weighted by atomic mass is 9.75. The van der Waals surface area contributed by atoms with Crippen LogP contribution in [0.5, 0.6) is 5.75 Å². The first-order valence-electron chi connectivity index (χ1n) is 10.1. The van der Waals surface area contributed by atoms with Crippen LogP contribution in [0.25, 0.3) is 0 Å². The highest BCUT2D eigenvalue weighted by molar-refractivity contribution is 5.48. The number of hydrogen-bond donors (Lipinski definition) is 0. The molecule has 1 heterocycles. The van der Waals surface area contributed by atoms with Gasteiger partial charge in [-0.1, -0.05) is 43.5 Å². The summed E-state index contributed by atoms with van der Waals surface area (Å²) < 4.78 is 19.7. The fourth-order valence-electron chi connectivity index (χ4n) is 4.92. The molecule has 3 nitrogen and oxygen atoms in total. The topological polar surface area (TPSA) is 15.7 Å². The molecule has 4 rings (SSSR count). The molecule has 1 saturated heterocycles. The summed E-state index contributed by atoms with van der Waals surface area (Å²) in [6.45, 7) is 3.66. The molecule has 0 amide bonds. The minimum Gasteiger partial charge on any atom is -0.497 e. The van der Waals surface area contributed by atoms with Crippen molar-refractivity contribution in [2.24, 2.45) is 0 Å². The van der Waals surface area contributed by atoms with Gasteiger partial charge in [0.05, 0.1) is 12.8 Å². The maximum Gasteiger partial charge on any atom is 0.146 e. The Kier molecular flexibility index (Phi) is 5.35. The van der Waals surface area contributed by atoms with Crippen molar-refractivity contribution in [2.45, 2.75) is 37.6 Å². The van der Waals surface area contributed by atoms with Crippen LogP contribution in [-0.4, -0.2) is 38.2 Å². The highest BCUT2D eigenvalue weighted by Gasteiger charge is 2.41. The van der Waals surface area contributed by atoms with Crippen LogP contribution >= 0.6 is 0 Å². The first kappa shape index (κ1) is 18.3. The monoisotopic (exact) mass is 368 g/mol. The number of para-hydroxylation sites is 1. The number of ether oxygens (including phenoxy) is 1. The molecule has 2 fully saturated rings. The Morgan fingerprint density at radius 2 is 1.63 bits per heavy atom. The summed E-state index contributed by atoms with van der Waals surface area (Å²) in [6.07, 6.45) is 6.25. The van der Waals surface area contributed by atoms with E-state index in [1.54, 1.807) is 19.2 Å². The average molecular weight is 368 g/mol. The van der Waals surface area contributed by atoms with Gasteiger partial charge in [0.15, 0.2) is 0 Å². The standard InChI is InChI=1S/C23H29FN2O/c1-27-20-9-7-8-19(18-20)23(12-5-2-6-13-23)26-16-14-25(15-17-26)22-11-4-3-10-21(22)24/h3-4,7-11,18H,2,5-6,12-17H2,1H3. The van der Waals surface area contributed by atoms with Crippen LogP contribution in [0, 0.1) is 5.82 Å². The summed E-state index contributed by atoms with van der Waals surface area (Å²) in [5.74, 6) is 0.813. The van der Waals surface area contributed by atoms with E-state index in [2.05, 4.69) is 28.0 Å². The van der Waals surface area contributed by atoms with Crippen molar-refractivity contribution >= 4 is 5.69 Å². The summed E-state index contributed by atoms with van der Waals surface area (Å²) in [5.41, 5.74) is 2.20. The lowest BCUT2D eigenvalue weighted by Gasteiger charge is -2.50. The molecule has 2 aromatic carbocycles. The summed E-state index contributed by atoms with van der Waals surface area (Å²) in [7, 11) is 1.74. The van der Waals surface area contributed by atoms with Crippen molar-refractivity contribution in [1.29, 1.82) is 0 Å². The molecule has 4 heteroatoms. The van der Waals surface area contributed by atoms with Gasteiger partial charge in [-0.25, -0.2) is 4.39 Å². The zero-order valence-corrected chi connectivity index (χ0v) is 16.2. The molecule has 144 valence electrons. The number of benzene rings is 2. The second kappa shape index (κ2) is 7.89. The zero-order valence-electron chi connectivity index (χ0n) is 16.2. The molecule has 0 atom stereocenters. The van der Waals surface area contributed by atoms with E-state index in [4.69, 9.17) is 4.74 Å². The molecule has 27 heavy (non-hydrogen) atoms. The molecule has 1 aliphatic carbocycles. The summed E-state index contributed by atoms with van der Waals surface area (Å²) in [4.78, 5) is 4.84. The minimum atomic E-state index is -0.119. The van der Waals surface area contributed by atoms with Gasteiger partial charge in [-0.05, 0) is 42.7 Å². The van der Waals surface area contributed by atoms with Gasteiger partial charge in [0.1, 0.15) is 11.6 Å². The average Bonchev–Trinajstić information content (AvgIpc) is 2.75. The maximum atomic E-state index is 14.2. The van der Waals surface area contributed by atoms with Gasteiger partial charge < -0.3 is 9.64 Å². The Labute approximate surface area is 161 Å². The number of methoxy groups -OCH3 is 1. The molecule has 1 aliphatic heterocycles. The van der Waals surface area contributed by atoms with Gasteiger partial charge in [0.25, 0.3) is 0 Å².